The van der Waals surface area contributed by atoms with E-state index in [4.69, 9.17) is 4.98 Å². The lowest BCUT2D eigenvalue weighted by Gasteiger charge is -2.03. The maximum Gasteiger partial charge on any atom is 0.165 e. The van der Waals surface area contributed by atoms with Crippen molar-refractivity contribution in [3.8, 4) is 5.69 Å². The number of thioether (sulfide) groups is 1. The molecule has 1 aliphatic heterocycles. The molecule has 0 unspecified atom stereocenters. The van der Waals surface area contributed by atoms with Gasteiger partial charge in [-0.2, -0.15) is 0 Å². The number of para-hydroxylation sites is 1. The third-order valence-corrected chi connectivity index (χ3v) is 4.40. The molecule has 1 aliphatic rings. The third-order valence-electron chi connectivity index (χ3n) is 3.42. The summed E-state index contributed by atoms with van der Waals surface area (Å²) in [7, 11) is 0. The van der Waals surface area contributed by atoms with Crippen molar-refractivity contribution in [2.75, 3.05) is 12.4 Å². The lowest BCUT2D eigenvalue weighted by atomic mass is 10.3. The SMILES string of the molecule is C(=C1\CNCS1)/c1ccc2ncn(-c3ccccc3)c2n1. The molecular weight excluding hydrogens is 280 g/mol. The van der Waals surface area contributed by atoms with E-state index in [0.29, 0.717) is 0 Å². The number of benzene rings is 1. The predicted octanol–water partition coefficient (Wildman–Crippen LogP) is 3.06. The Labute approximate surface area is 126 Å². The first kappa shape index (κ1) is 12.6. The second-order valence-corrected chi connectivity index (χ2v) is 5.96. The van der Waals surface area contributed by atoms with Crippen LogP contribution in [-0.4, -0.2) is 27.0 Å². The molecule has 1 aromatic carbocycles. The molecule has 0 aliphatic carbocycles. The third kappa shape index (κ3) is 2.46. The molecule has 0 spiro atoms. The maximum atomic E-state index is 4.76. The van der Waals surface area contributed by atoms with Crippen molar-refractivity contribution in [2.45, 2.75) is 0 Å². The molecule has 3 aromatic rings. The normalized spacial score (nSPS) is 16.9. The largest absolute Gasteiger partial charge is 0.303 e. The van der Waals surface area contributed by atoms with Crippen LogP contribution < -0.4 is 5.32 Å². The summed E-state index contributed by atoms with van der Waals surface area (Å²) >= 11 is 1.83. The summed E-state index contributed by atoms with van der Waals surface area (Å²) < 4.78 is 2.03. The summed E-state index contributed by atoms with van der Waals surface area (Å²) in [6.45, 7) is 0.933. The van der Waals surface area contributed by atoms with Crippen LogP contribution in [0.25, 0.3) is 22.9 Å². The van der Waals surface area contributed by atoms with Crippen molar-refractivity contribution >= 4 is 29.0 Å². The van der Waals surface area contributed by atoms with Gasteiger partial charge in [0.2, 0.25) is 0 Å². The molecule has 0 radical (unpaired) electrons. The molecule has 1 saturated heterocycles. The van der Waals surface area contributed by atoms with Gasteiger partial charge < -0.3 is 5.32 Å². The second-order valence-electron chi connectivity index (χ2n) is 4.86. The number of nitrogens with zero attached hydrogens (tertiary/aromatic N) is 3. The topological polar surface area (TPSA) is 42.7 Å². The van der Waals surface area contributed by atoms with Gasteiger partial charge in [0.1, 0.15) is 11.8 Å². The number of aromatic nitrogens is 3. The molecule has 21 heavy (non-hydrogen) atoms. The highest BCUT2D eigenvalue weighted by atomic mass is 32.2. The molecule has 0 amide bonds. The van der Waals surface area contributed by atoms with Crippen LogP contribution in [0.5, 0.6) is 0 Å². The maximum absolute atomic E-state index is 4.76. The molecule has 1 N–H and O–H groups in total. The van der Waals surface area contributed by atoms with Gasteiger partial charge in [0.25, 0.3) is 0 Å². The minimum atomic E-state index is 0.895. The van der Waals surface area contributed by atoms with Gasteiger partial charge in [0.15, 0.2) is 5.65 Å². The molecule has 0 saturated carbocycles. The number of pyridine rings is 1. The molecule has 4 rings (SSSR count). The van der Waals surface area contributed by atoms with Crippen molar-refractivity contribution in [2.24, 2.45) is 0 Å². The molecule has 0 atom stereocenters. The van der Waals surface area contributed by atoms with E-state index >= 15 is 0 Å². The van der Waals surface area contributed by atoms with Gasteiger partial charge in [-0.05, 0) is 30.3 Å². The van der Waals surface area contributed by atoms with Gasteiger partial charge in [-0.1, -0.05) is 18.2 Å². The van der Waals surface area contributed by atoms with E-state index in [-0.39, 0.29) is 0 Å². The zero-order chi connectivity index (χ0) is 14.1. The summed E-state index contributed by atoms with van der Waals surface area (Å²) in [6, 6.07) is 14.2. The Morgan fingerprint density at radius 3 is 2.86 bits per heavy atom. The first-order chi connectivity index (χ1) is 10.4. The van der Waals surface area contributed by atoms with Crippen molar-refractivity contribution in [3.05, 3.63) is 59.4 Å². The highest BCUT2D eigenvalue weighted by molar-refractivity contribution is 8.03. The lowest BCUT2D eigenvalue weighted by Crippen LogP contribution is -2.04. The Balaban J connectivity index is 1.81. The van der Waals surface area contributed by atoms with E-state index in [1.807, 2.05) is 53.0 Å². The monoisotopic (exact) mass is 294 g/mol. The average Bonchev–Trinajstić information content (AvgIpc) is 3.17. The van der Waals surface area contributed by atoms with Gasteiger partial charge >= 0.3 is 0 Å². The quantitative estimate of drug-likeness (QED) is 0.789. The van der Waals surface area contributed by atoms with Crippen LogP contribution >= 0.6 is 11.8 Å². The summed E-state index contributed by atoms with van der Waals surface area (Å²) in [6.07, 6.45) is 3.97. The van der Waals surface area contributed by atoms with Crippen LogP contribution in [0, 0.1) is 0 Å². The molecule has 3 heterocycles. The van der Waals surface area contributed by atoms with E-state index in [1.54, 1.807) is 0 Å². The first-order valence-corrected chi connectivity index (χ1v) is 7.82. The fraction of sp³-hybridized carbons (Fsp3) is 0.125. The standard InChI is InChI=1S/C16H14N4S/c1-2-4-13(5-3-1)20-10-18-15-7-6-12(19-16(15)20)8-14-9-17-11-21-14/h1-8,10,17H,9,11H2/b14-8-. The van der Waals surface area contributed by atoms with E-state index in [1.165, 1.54) is 4.91 Å². The summed E-state index contributed by atoms with van der Waals surface area (Å²) in [5.41, 5.74) is 3.87. The summed E-state index contributed by atoms with van der Waals surface area (Å²) in [5.74, 6) is 0.982. The Morgan fingerprint density at radius 1 is 1.14 bits per heavy atom. The van der Waals surface area contributed by atoms with Gasteiger partial charge in [-0.3, -0.25) is 4.57 Å². The smallest absolute Gasteiger partial charge is 0.165 e. The number of fused-ring (bicyclic) bond motifs is 1. The first-order valence-electron chi connectivity index (χ1n) is 6.84. The Bertz CT molecular complexity index is 800. The zero-order valence-electron chi connectivity index (χ0n) is 11.4. The fourth-order valence-electron chi connectivity index (χ4n) is 2.39. The zero-order valence-corrected chi connectivity index (χ0v) is 12.2. The molecule has 5 heteroatoms. The molecule has 0 bridgehead atoms. The molecule has 4 nitrogen and oxygen atoms in total. The number of rotatable bonds is 2. The van der Waals surface area contributed by atoms with Crippen molar-refractivity contribution < 1.29 is 0 Å². The average molecular weight is 294 g/mol. The van der Waals surface area contributed by atoms with Crippen LogP contribution in [0.2, 0.25) is 0 Å². The molecule has 2 aromatic heterocycles. The van der Waals surface area contributed by atoms with Crippen LogP contribution in [0.15, 0.2) is 53.7 Å². The number of hydrogen-bond donors (Lipinski definition) is 1. The highest BCUT2D eigenvalue weighted by Crippen LogP contribution is 2.23. The lowest BCUT2D eigenvalue weighted by molar-refractivity contribution is 0.916. The number of imidazole rings is 1. The Kier molecular flexibility index (Phi) is 3.21. The second kappa shape index (κ2) is 5.35. The van der Waals surface area contributed by atoms with Gasteiger partial charge in [0, 0.05) is 23.0 Å². The fourth-order valence-corrected chi connectivity index (χ4v) is 3.19. The number of nitrogens with one attached hydrogen (secondary N) is 1. The van der Waals surface area contributed by atoms with Gasteiger partial charge in [-0.25, -0.2) is 9.97 Å². The number of hydrogen-bond acceptors (Lipinski definition) is 4. The van der Waals surface area contributed by atoms with Crippen LogP contribution in [0.4, 0.5) is 0 Å². The van der Waals surface area contributed by atoms with Gasteiger partial charge in [-0.15, -0.1) is 11.8 Å². The Hall–Kier alpha value is -2.11. The van der Waals surface area contributed by atoms with E-state index in [0.717, 1.165) is 35.0 Å². The van der Waals surface area contributed by atoms with Crippen LogP contribution in [0.1, 0.15) is 5.69 Å². The molecular formula is C16H14N4S. The summed E-state index contributed by atoms with van der Waals surface area (Å²) in [5, 5.41) is 3.31. The molecule has 1 fully saturated rings. The summed E-state index contributed by atoms with van der Waals surface area (Å²) in [4.78, 5) is 10.5. The van der Waals surface area contributed by atoms with E-state index in [9.17, 15) is 0 Å². The van der Waals surface area contributed by atoms with Crippen molar-refractivity contribution in [1.29, 1.82) is 0 Å². The van der Waals surface area contributed by atoms with Crippen molar-refractivity contribution in [1.82, 2.24) is 19.9 Å². The Morgan fingerprint density at radius 2 is 2.05 bits per heavy atom. The highest BCUT2D eigenvalue weighted by Gasteiger charge is 2.09. The minimum absolute atomic E-state index is 0.895. The molecule has 104 valence electrons. The van der Waals surface area contributed by atoms with Crippen molar-refractivity contribution in [3.63, 3.8) is 0 Å². The van der Waals surface area contributed by atoms with E-state index in [2.05, 4.69) is 28.5 Å². The van der Waals surface area contributed by atoms with E-state index < -0.39 is 0 Å². The van der Waals surface area contributed by atoms with Crippen LogP contribution in [0.3, 0.4) is 0 Å². The predicted molar refractivity (Wildman–Crippen MR) is 87.3 cm³/mol. The minimum Gasteiger partial charge on any atom is -0.303 e. The van der Waals surface area contributed by atoms with Gasteiger partial charge in [0.05, 0.1) is 5.69 Å². The van der Waals surface area contributed by atoms with Crippen LogP contribution in [-0.2, 0) is 0 Å².